The smallest absolute Gasteiger partial charge is 0.335 e. The van der Waals surface area contributed by atoms with Gasteiger partial charge in [0.05, 0.1) is 7.11 Å². The van der Waals surface area contributed by atoms with E-state index < -0.39 is 17.5 Å². The van der Waals surface area contributed by atoms with E-state index >= 15 is 0 Å². The van der Waals surface area contributed by atoms with E-state index in [1.165, 1.54) is 13.2 Å². The molecule has 0 saturated carbocycles. The highest BCUT2D eigenvalue weighted by Crippen LogP contribution is 2.29. The summed E-state index contributed by atoms with van der Waals surface area (Å²) in [4.78, 5) is 11.3. The number of aryl methyl sites for hydroxylation is 1. The largest absolute Gasteiger partial charge is 0.467 e. The molecule has 0 heterocycles. The number of hydrogen-bond donors (Lipinski definition) is 1. The quantitative estimate of drug-likeness (QED) is 0.821. The van der Waals surface area contributed by atoms with Gasteiger partial charge in [-0.15, -0.1) is 0 Å². The van der Waals surface area contributed by atoms with Crippen molar-refractivity contribution in [2.75, 3.05) is 7.11 Å². The minimum atomic E-state index is -1.32. The molecular formula is C13H17FO3. The lowest BCUT2D eigenvalue weighted by molar-refractivity contribution is -0.153. The van der Waals surface area contributed by atoms with Crippen LogP contribution in [0, 0.1) is 12.7 Å². The Morgan fingerprint density at radius 1 is 1.47 bits per heavy atom. The van der Waals surface area contributed by atoms with Gasteiger partial charge in [-0.05, 0) is 24.1 Å². The van der Waals surface area contributed by atoms with Crippen molar-refractivity contribution in [2.24, 2.45) is 0 Å². The Bertz CT molecular complexity index is 427. The lowest BCUT2D eigenvalue weighted by atomic mass is 9.79. The second-order valence-corrected chi connectivity index (χ2v) is 4.61. The van der Waals surface area contributed by atoms with Crippen LogP contribution in [0.15, 0.2) is 18.2 Å². The van der Waals surface area contributed by atoms with Gasteiger partial charge in [0.1, 0.15) is 5.82 Å². The van der Waals surface area contributed by atoms with E-state index in [2.05, 4.69) is 4.74 Å². The maximum Gasteiger partial charge on any atom is 0.335 e. The summed E-state index contributed by atoms with van der Waals surface area (Å²) in [5.41, 5.74) is 0.178. The molecule has 0 aliphatic rings. The molecule has 0 saturated heterocycles. The number of ether oxygens (including phenoxy) is 1. The van der Waals surface area contributed by atoms with Crippen molar-refractivity contribution in [2.45, 2.75) is 32.3 Å². The summed E-state index contributed by atoms with van der Waals surface area (Å²) in [5.74, 6) is -1.08. The van der Waals surface area contributed by atoms with E-state index in [1.54, 1.807) is 32.9 Å². The Balaban J connectivity index is 3.11. The van der Waals surface area contributed by atoms with Crippen LogP contribution in [-0.2, 0) is 14.9 Å². The van der Waals surface area contributed by atoms with Gasteiger partial charge in [0.25, 0.3) is 0 Å². The molecule has 1 unspecified atom stereocenters. The summed E-state index contributed by atoms with van der Waals surface area (Å²) < 4.78 is 17.9. The number of hydrogen-bond acceptors (Lipinski definition) is 3. The number of halogens is 1. The molecule has 0 bridgehead atoms. The molecule has 0 fully saturated rings. The predicted octanol–water partition coefficient (Wildman–Crippen LogP) is 1.95. The van der Waals surface area contributed by atoms with Crippen molar-refractivity contribution in [3.63, 3.8) is 0 Å². The van der Waals surface area contributed by atoms with Gasteiger partial charge in [0.2, 0.25) is 0 Å². The van der Waals surface area contributed by atoms with Crippen LogP contribution >= 0.6 is 0 Å². The van der Waals surface area contributed by atoms with E-state index in [9.17, 15) is 14.3 Å². The second-order valence-electron chi connectivity index (χ2n) is 4.61. The molecule has 1 atom stereocenters. The first-order valence-corrected chi connectivity index (χ1v) is 5.33. The fourth-order valence-corrected chi connectivity index (χ4v) is 1.56. The minimum absolute atomic E-state index is 0.354. The van der Waals surface area contributed by atoms with Gasteiger partial charge in [-0.2, -0.15) is 0 Å². The summed E-state index contributed by atoms with van der Waals surface area (Å²) in [5, 5.41) is 9.86. The number of carbonyl (C=O) groups is 1. The molecule has 0 aliphatic carbocycles. The molecule has 94 valence electrons. The third-order valence-electron chi connectivity index (χ3n) is 3.02. The molecule has 1 rings (SSSR count). The number of rotatable bonds is 3. The molecule has 0 aliphatic heterocycles. The fraction of sp³-hybridized carbons (Fsp3) is 0.462. The normalized spacial score (nSPS) is 13.3. The van der Waals surface area contributed by atoms with Gasteiger partial charge in [0.15, 0.2) is 6.10 Å². The first kappa shape index (κ1) is 13.6. The lowest BCUT2D eigenvalue weighted by Crippen LogP contribution is -2.40. The number of methoxy groups -OCH3 is 1. The molecule has 3 nitrogen and oxygen atoms in total. The summed E-state index contributed by atoms with van der Waals surface area (Å²) in [6.07, 6.45) is -1.32. The number of esters is 1. The van der Waals surface area contributed by atoms with Gasteiger partial charge >= 0.3 is 5.97 Å². The van der Waals surface area contributed by atoms with Crippen molar-refractivity contribution in [3.05, 3.63) is 35.1 Å². The molecule has 0 radical (unpaired) electrons. The predicted molar refractivity (Wildman–Crippen MR) is 62.2 cm³/mol. The zero-order valence-corrected chi connectivity index (χ0v) is 10.5. The van der Waals surface area contributed by atoms with Gasteiger partial charge < -0.3 is 9.84 Å². The lowest BCUT2D eigenvalue weighted by Gasteiger charge is -2.29. The van der Waals surface area contributed by atoms with Crippen molar-refractivity contribution >= 4 is 5.97 Å². The molecule has 17 heavy (non-hydrogen) atoms. The number of aliphatic hydroxyl groups is 1. The molecule has 0 amide bonds. The summed E-state index contributed by atoms with van der Waals surface area (Å²) >= 11 is 0. The van der Waals surface area contributed by atoms with Gasteiger partial charge in [-0.3, -0.25) is 0 Å². The summed E-state index contributed by atoms with van der Waals surface area (Å²) in [6, 6.07) is 4.66. The standard InChI is InChI=1S/C13H17FO3/c1-8-5-6-9(7-10(8)14)13(2,3)11(15)12(16)17-4/h5-7,11,15H,1-4H3. The van der Waals surface area contributed by atoms with Crippen LogP contribution in [0.25, 0.3) is 0 Å². The minimum Gasteiger partial charge on any atom is -0.467 e. The van der Waals surface area contributed by atoms with Crippen molar-refractivity contribution < 1.29 is 19.0 Å². The van der Waals surface area contributed by atoms with E-state index in [4.69, 9.17) is 0 Å². The number of carbonyl (C=O) groups excluding carboxylic acids is 1. The topological polar surface area (TPSA) is 46.5 Å². The van der Waals surface area contributed by atoms with Crippen LogP contribution in [0.3, 0.4) is 0 Å². The summed E-state index contributed by atoms with van der Waals surface area (Å²) in [7, 11) is 1.21. The average molecular weight is 240 g/mol. The third-order valence-corrected chi connectivity index (χ3v) is 3.02. The Labute approximate surface area is 100 Å². The Morgan fingerprint density at radius 2 is 2.06 bits per heavy atom. The highest BCUT2D eigenvalue weighted by Gasteiger charge is 2.36. The molecular weight excluding hydrogens is 223 g/mol. The van der Waals surface area contributed by atoms with Gasteiger partial charge in [0, 0.05) is 5.41 Å². The zero-order valence-electron chi connectivity index (χ0n) is 10.5. The molecule has 0 aromatic heterocycles. The molecule has 4 heteroatoms. The van der Waals surface area contributed by atoms with Gasteiger partial charge in [-0.25, -0.2) is 9.18 Å². The number of benzene rings is 1. The van der Waals surface area contributed by atoms with E-state index in [0.29, 0.717) is 11.1 Å². The highest BCUT2D eigenvalue weighted by atomic mass is 19.1. The van der Waals surface area contributed by atoms with Crippen molar-refractivity contribution in [3.8, 4) is 0 Å². The first-order chi connectivity index (χ1) is 7.80. The van der Waals surface area contributed by atoms with E-state index in [-0.39, 0.29) is 5.82 Å². The first-order valence-electron chi connectivity index (χ1n) is 5.33. The van der Waals surface area contributed by atoms with Gasteiger partial charge in [-0.1, -0.05) is 26.0 Å². The molecule has 1 aromatic rings. The Hall–Kier alpha value is -1.42. The van der Waals surface area contributed by atoms with Crippen LogP contribution in [0.4, 0.5) is 4.39 Å². The van der Waals surface area contributed by atoms with E-state index in [1.807, 2.05) is 0 Å². The maximum atomic E-state index is 13.5. The SMILES string of the molecule is COC(=O)C(O)C(C)(C)c1ccc(C)c(F)c1. The zero-order chi connectivity index (χ0) is 13.2. The summed E-state index contributed by atoms with van der Waals surface area (Å²) in [6.45, 7) is 4.99. The van der Waals surface area contributed by atoms with Crippen LogP contribution < -0.4 is 0 Å². The molecule has 1 N–H and O–H groups in total. The fourth-order valence-electron chi connectivity index (χ4n) is 1.56. The Kier molecular flexibility index (Phi) is 3.88. The molecule has 0 spiro atoms. The Morgan fingerprint density at radius 3 is 2.53 bits per heavy atom. The monoisotopic (exact) mass is 240 g/mol. The third kappa shape index (κ3) is 2.64. The molecule has 1 aromatic carbocycles. The van der Waals surface area contributed by atoms with Crippen LogP contribution in [-0.4, -0.2) is 24.3 Å². The van der Waals surface area contributed by atoms with Crippen LogP contribution in [0.1, 0.15) is 25.0 Å². The van der Waals surface area contributed by atoms with E-state index in [0.717, 1.165) is 0 Å². The van der Waals surface area contributed by atoms with Crippen molar-refractivity contribution in [1.82, 2.24) is 0 Å². The average Bonchev–Trinajstić information content (AvgIpc) is 2.30. The van der Waals surface area contributed by atoms with Crippen LogP contribution in [0.5, 0.6) is 0 Å². The van der Waals surface area contributed by atoms with Crippen LogP contribution in [0.2, 0.25) is 0 Å². The van der Waals surface area contributed by atoms with Crippen molar-refractivity contribution in [1.29, 1.82) is 0 Å². The maximum absolute atomic E-state index is 13.5. The number of aliphatic hydroxyl groups excluding tert-OH is 1. The highest BCUT2D eigenvalue weighted by molar-refractivity contribution is 5.76. The second kappa shape index (κ2) is 4.84.